The number of ketones is 1. The lowest BCUT2D eigenvalue weighted by molar-refractivity contribution is -0.136. The van der Waals surface area contributed by atoms with Gasteiger partial charge < -0.3 is 9.47 Å². The van der Waals surface area contributed by atoms with Gasteiger partial charge in [0.15, 0.2) is 18.1 Å². The molecule has 3 rings (SSSR count). The van der Waals surface area contributed by atoms with Gasteiger partial charge in [0.2, 0.25) is 0 Å². The molecule has 0 atom stereocenters. The largest absolute Gasteiger partial charge is 0.482 e. The Kier molecular flexibility index (Phi) is 4.39. The van der Waals surface area contributed by atoms with Crippen molar-refractivity contribution < 1.29 is 19.1 Å². The smallest absolute Gasteiger partial charge is 0.349 e. The van der Waals surface area contributed by atoms with E-state index < -0.39 is 5.97 Å². The maximum Gasteiger partial charge on any atom is 0.349 e. The number of carbonyl (C=O) groups is 2. The first-order valence-electron chi connectivity index (χ1n) is 7.06. The second kappa shape index (κ2) is 6.62. The molecule has 0 unspecified atom stereocenters. The van der Waals surface area contributed by atoms with Gasteiger partial charge in [0.25, 0.3) is 0 Å². The van der Waals surface area contributed by atoms with E-state index in [9.17, 15) is 9.59 Å². The number of para-hydroxylation sites is 1. The van der Waals surface area contributed by atoms with Crippen LogP contribution in [0.15, 0.2) is 54.6 Å². The maximum atomic E-state index is 12.0. The lowest BCUT2D eigenvalue weighted by Gasteiger charge is -2.07. The van der Waals surface area contributed by atoms with E-state index in [1.54, 1.807) is 12.1 Å². The number of Topliss-reactive ketones (excluding diaryl/α,β-unsaturated/α-hetero) is 1. The van der Waals surface area contributed by atoms with Gasteiger partial charge in [-0.25, -0.2) is 4.79 Å². The monoisotopic (exact) mass is 326 g/mol. The molecular weight excluding hydrogens is 312 g/mol. The van der Waals surface area contributed by atoms with Crippen LogP contribution in [0.5, 0.6) is 11.5 Å². The highest BCUT2D eigenvalue weighted by Gasteiger charge is 2.19. The summed E-state index contributed by atoms with van der Waals surface area (Å²) in [4.78, 5) is 24.3. The molecule has 0 aliphatic rings. The van der Waals surface area contributed by atoms with E-state index in [1.807, 2.05) is 42.5 Å². The molecule has 0 N–H and O–H groups in total. The average Bonchev–Trinajstić information content (AvgIpc) is 2.93. The van der Waals surface area contributed by atoms with Crippen LogP contribution in [-0.2, 0) is 4.79 Å². The number of hydrogen-bond acceptors (Lipinski definition) is 5. The highest BCUT2D eigenvalue weighted by atomic mass is 32.1. The van der Waals surface area contributed by atoms with E-state index in [2.05, 4.69) is 0 Å². The van der Waals surface area contributed by atoms with Gasteiger partial charge in [0, 0.05) is 17.0 Å². The molecule has 3 aromatic rings. The second-order valence-electron chi connectivity index (χ2n) is 4.89. The predicted octanol–water partition coefficient (Wildman–Crippen LogP) is 4.09. The van der Waals surface area contributed by atoms with Crippen molar-refractivity contribution in [3.8, 4) is 11.5 Å². The summed E-state index contributed by atoms with van der Waals surface area (Å²) in [5, 5.41) is 0.760. The fraction of sp³-hybridized carbons (Fsp3) is 0.111. The molecule has 0 aliphatic heterocycles. The molecule has 116 valence electrons. The molecule has 2 aromatic carbocycles. The van der Waals surface area contributed by atoms with E-state index in [1.165, 1.54) is 18.3 Å². The summed E-state index contributed by atoms with van der Waals surface area (Å²) in [6, 6.07) is 16.5. The highest BCUT2D eigenvalue weighted by Crippen LogP contribution is 2.38. The number of ether oxygens (including phenoxy) is 2. The zero-order chi connectivity index (χ0) is 16.2. The number of esters is 1. The van der Waals surface area contributed by atoms with E-state index >= 15 is 0 Å². The molecule has 23 heavy (non-hydrogen) atoms. The summed E-state index contributed by atoms with van der Waals surface area (Å²) in [6.07, 6.45) is 0. The second-order valence-corrected chi connectivity index (χ2v) is 5.94. The van der Waals surface area contributed by atoms with Crippen LogP contribution in [-0.4, -0.2) is 18.4 Å². The van der Waals surface area contributed by atoms with Gasteiger partial charge in [-0.3, -0.25) is 4.79 Å². The molecule has 0 radical (unpaired) electrons. The van der Waals surface area contributed by atoms with Crippen LogP contribution in [0.2, 0.25) is 0 Å². The highest BCUT2D eigenvalue weighted by molar-refractivity contribution is 7.21. The Balaban J connectivity index is 1.79. The van der Waals surface area contributed by atoms with Crippen LogP contribution in [0, 0.1) is 0 Å². The van der Waals surface area contributed by atoms with Crippen molar-refractivity contribution in [3.63, 3.8) is 0 Å². The predicted molar refractivity (Wildman–Crippen MR) is 89.4 cm³/mol. The molecule has 0 bridgehead atoms. The Morgan fingerprint density at radius 1 is 1.00 bits per heavy atom. The Bertz CT molecular complexity index is 852. The Morgan fingerprint density at radius 2 is 1.70 bits per heavy atom. The molecule has 0 aliphatic carbocycles. The molecule has 0 fully saturated rings. The molecular formula is C18H14O4S. The van der Waals surface area contributed by atoms with Crippen molar-refractivity contribution in [1.29, 1.82) is 0 Å². The summed E-state index contributed by atoms with van der Waals surface area (Å²) in [5.74, 6) is 0.240. The Labute approximate surface area is 137 Å². The third kappa shape index (κ3) is 3.40. The third-order valence-corrected chi connectivity index (χ3v) is 4.44. The quantitative estimate of drug-likeness (QED) is 0.523. The number of carbonyl (C=O) groups excluding carboxylic acids is 2. The molecule has 1 aromatic heterocycles. The summed E-state index contributed by atoms with van der Waals surface area (Å²) in [5.41, 5.74) is 0. The van der Waals surface area contributed by atoms with Crippen molar-refractivity contribution in [2.75, 3.05) is 6.61 Å². The van der Waals surface area contributed by atoms with Gasteiger partial charge in [-0.15, -0.1) is 11.3 Å². The Morgan fingerprint density at radius 3 is 2.43 bits per heavy atom. The third-order valence-electron chi connectivity index (χ3n) is 3.19. The number of fused-ring (bicyclic) bond motifs is 1. The van der Waals surface area contributed by atoms with Gasteiger partial charge in [-0.2, -0.15) is 0 Å². The van der Waals surface area contributed by atoms with Gasteiger partial charge >= 0.3 is 5.97 Å². The number of hydrogen-bond donors (Lipinski definition) is 0. The minimum Gasteiger partial charge on any atom is -0.482 e. The number of benzene rings is 2. The summed E-state index contributed by atoms with van der Waals surface area (Å²) < 4.78 is 11.7. The van der Waals surface area contributed by atoms with Crippen LogP contribution in [0.1, 0.15) is 16.6 Å². The summed E-state index contributed by atoms with van der Waals surface area (Å²) in [6.45, 7) is 1.24. The summed E-state index contributed by atoms with van der Waals surface area (Å²) >= 11 is 1.32. The van der Waals surface area contributed by atoms with Crippen molar-refractivity contribution >= 4 is 33.2 Å². The fourth-order valence-corrected chi connectivity index (χ4v) is 3.18. The number of rotatable bonds is 5. The van der Waals surface area contributed by atoms with Crippen molar-refractivity contribution in [1.82, 2.24) is 0 Å². The van der Waals surface area contributed by atoms with Crippen molar-refractivity contribution in [2.45, 2.75) is 6.92 Å². The van der Waals surface area contributed by atoms with E-state index in [4.69, 9.17) is 9.47 Å². The zero-order valence-corrected chi connectivity index (χ0v) is 13.3. The first kappa shape index (κ1) is 15.2. The molecule has 1 heterocycles. The van der Waals surface area contributed by atoms with Crippen molar-refractivity contribution in [3.05, 3.63) is 59.5 Å². The molecule has 0 amide bonds. The average molecular weight is 326 g/mol. The lowest BCUT2D eigenvalue weighted by Crippen LogP contribution is -2.18. The minimum absolute atomic E-state index is 0.127. The first-order chi connectivity index (χ1) is 11.1. The normalized spacial score (nSPS) is 10.5. The van der Waals surface area contributed by atoms with Gasteiger partial charge in [-0.05, 0) is 24.3 Å². The van der Waals surface area contributed by atoms with E-state index in [0.29, 0.717) is 16.4 Å². The lowest BCUT2D eigenvalue weighted by atomic mass is 10.2. The molecule has 0 saturated heterocycles. The number of thiophene rings is 1. The van der Waals surface area contributed by atoms with E-state index in [-0.39, 0.29) is 12.4 Å². The van der Waals surface area contributed by atoms with Crippen LogP contribution >= 0.6 is 11.3 Å². The van der Waals surface area contributed by atoms with E-state index in [0.717, 1.165) is 10.1 Å². The maximum absolute atomic E-state index is 12.0. The topological polar surface area (TPSA) is 52.6 Å². The molecule has 0 saturated carbocycles. The minimum atomic E-state index is -0.542. The van der Waals surface area contributed by atoms with Gasteiger partial charge in [-0.1, -0.05) is 30.3 Å². The SMILES string of the molecule is CC(=O)c1sc2ccccc2c1OC(=O)COc1ccccc1. The zero-order valence-electron chi connectivity index (χ0n) is 12.4. The van der Waals surface area contributed by atoms with Crippen LogP contribution in [0.4, 0.5) is 0 Å². The van der Waals surface area contributed by atoms with Gasteiger partial charge in [0.05, 0.1) is 0 Å². The standard InChI is InChI=1S/C18H14O4S/c1-12(19)18-17(14-9-5-6-10-15(14)23-18)22-16(20)11-21-13-7-3-2-4-8-13/h2-10H,11H2,1H3. The molecule has 0 spiro atoms. The van der Waals surface area contributed by atoms with Crippen LogP contribution in [0.3, 0.4) is 0 Å². The van der Waals surface area contributed by atoms with Crippen LogP contribution < -0.4 is 9.47 Å². The molecule has 5 heteroatoms. The van der Waals surface area contributed by atoms with Crippen LogP contribution in [0.25, 0.3) is 10.1 Å². The first-order valence-corrected chi connectivity index (χ1v) is 7.88. The fourth-order valence-electron chi connectivity index (χ4n) is 2.16. The van der Waals surface area contributed by atoms with Gasteiger partial charge in [0.1, 0.15) is 10.6 Å². The Hall–Kier alpha value is -2.66. The van der Waals surface area contributed by atoms with Crippen molar-refractivity contribution in [2.24, 2.45) is 0 Å². The molecule has 4 nitrogen and oxygen atoms in total. The summed E-state index contributed by atoms with van der Waals surface area (Å²) in [7, 11) is 0.